The zero-order valence-corrected chi connectivity index (χ0v) is 25.3. The van der Waals surface area contributed by atoms with Crippen molar-refractivity contribution in [3.63, 3.8) is 0 Å². The quantitative estimate of drug-likeness (QED) is 0.0925. The molecule has 0 amide bonds. The van der Waals surface area contributed by atoms with Gasteiger partial charge in [0.05, 0.1) is 22.8 Å². The largest absolute Gasteiger partial charge is 0.744 e. The summed E-state index contributed by atoms with van der Waals surface area (Å²) >= 11 is 0. The van der Waals surface area contributed by atoms with E-state index in [2.05, 4.69) is 94.0 Å². The molecule has 44 heavy (non-hydrogen) atoms. The Labute approximate surface area is 254 Å². The molecule has 0 unspecified atom stereocenters. The number of fused-ring (bicyclic) bond motifs is 5. The number of nitrogens with zero attached hydrogens (tertiary/aromatic N) is 4. The second-order valence-electron chi connectivity index (χ2n) is 11.3. The predicted molar refractivity (Wildman–Crippen MR) is 173 cm³/mol. The molecule has 6 aromatic carbocycles. The van der Waals surface area contributed by atoms with Crippen molar-refractivity contribution in [1.29, 1.82) is 5.26 Å². The molecule has 2 heterocycles. The van der Waals surface area contributed by atoms with Crippen LogP contribution in [0.5, 0.6) is 0 Å². The van der Waals surface area contributed by atoms with Crippen molar-refractivity contribution in [2.24, 2.45) is 0 Å². The minimum atomic E-state index is -4.33. The second-order valence-corrected chi connectivity index (χ2v) is 12.6. The molecule has 0 saturated heterocycles. The third kappa shape index (κ3) is 4.32. The highest BCUT2D eigenvalue weighted by molar-refractivity contribution is 7.85. The monoisotopic (exact) mass is 596 g/mol. The van der Waals surface area contributed by atoms with Crippen molar-refractivity contribution in [3.05, 3.63) is 108 Å². The summed E-state index contributed by atoms with van der Waals surface area (Å²) in [6, 6.07) is 33.6. The molecule has 0 atom stereocenters. The zero-order chi connectivity index (χ0) is 30.7. The molecule has 0 N–H and O–H groups in total. The number of rotatable bonds is 3. The van der Waals surface area contributed by atoms with E-state index in [4.69, 9.17) is 5.10 Å². The van der Waals surface area contributed by atoms with Gasteiger partial charge in [-0.05, 0) is 65.6 Å². The van der Waals surface area contributed by atoms with Crippen LogP contribution in [-0.2, 0) is 16.7 Å². The number of hydrogen-bond acceptors (Lipinski definition) is 5. The summed E-state index contributed by atoms with van der Waals surface area (Å²) in [6.45, 7) is 5.75. The van der Waals surface area contributed by atoms with Crippen molar-refractivity contribution in [2.75, 3.05) is 0 Å². The smallest absolute Gasteiger partial charge is 0.308 e. The normalized spacial score (nSPS) is 12.0. The standard InChI is InChI=1S/C27H17N4.C9H12O3S/c28-14-5-15-30-22-12-3-8-18-9-4-13-23(26(18)22)31-24(30)16-21-19-10-1-6-17-7-2-11-20(25(17)19)27(21)29-31;1-6-4-7(2)9(8(3)5-6)13(10,11)12/h1-4,6-13,16H,5,15H2;4-5H,1-3H3,(H,10,11,12)/q+1;/p-1. The summed E-state index contributed by atoms with van der Waals surface area (Å²) in [5.74, 6) is 0. The fourth-order valence-corrected chi connectivity index (χ4v) is 7.69. The van der Waals surface area contributed by atoms with Crippen molar-refractivity contribution in [3.8, 4) is 6.07 Å². The van der Waals surface area contributed by atoms with Crippen LogP contribution in [0.4, 0.5) is 0 Å². The topological polar surface area (TPSA) is 103 Å². The highest BCUT2D eigenvalue weighted by atomic mass is 32.2. The van der Waals surface area contributed by atoms with Gasteiger partial charge in [0, 0.05) is 16.8 Å². The highest BCUT2D eigenvalue weighted by Gasteiger charge is 2.23. The van der Waals surface area contributed by atoms with Crippen molar-refractivity contribution < 1.29 is 17.5 Å². The predicted octanol–water partition coefficient (Wildman–Crippen LogP) is 7.26. The van der Waals surface area contributed by atoms with Crippen LogP contribution < -0.4 is 4.52 Å². The summed E-state index contributed by atoms with van der Waals surface area (Å²) < 4.78 is 36.8. The molecule has 0 aliphatic rings. The van der Waals surface area contributed by atoms with Gasteiger partial charge in [0.25, 0.3) is 0 Å². The molecule has 0 saturated carbocycles. The fourth-order valence-electron chi connectivity index (χ4n) is 6.78. The van der Waals surface area contributed by atoms with Gasteiger partial charge in [-0.25, -0.2) is 13.0 Å². The minimum Gasteiger partial charge on any atom is -0.744 e. The van der Waals surface area contributed by atoms with Gasteiger partial charge >= 0.3 is 5.65 Å². The Morgan fingerprint density at radius 3 is 2.09 bits per heavy atom. The van der Waals surface area contributed by atoms with Gasteiger partial charge < -0.3 is 4.55 Å². The molecule has 2 aromatic heterocycles. The number of aryl methyl sites for hydroxylation is 4. The van der Waals surface area contributed by atoms with E-state index in [9.17, 15) is 18.2 Å². The summed E-state index contributed by atoms with van der Waals surface area (Å²) in [4.78, 5) is -0.0851. The lowest BCUT2D eigenvalue weighted by molar-refractivity contribution is -0.553. The van der Waals surface area contributed by atoms with E-state index in [0.29, 0.717) is 24.1 Å². The van der Waals surface area contributed by atoms with Gasteiger partial charge in [0.1, 0.15) is 27.7 Å². The third-order valence-corrected chi connectivity index (χ3v) is 9.50. The Kier molecular flexibility index (Phi) is 6.47. The van der Waals surface area contributed by atoms with E-state index >= 15 is 0 Å². The van der Waals surface area contributed by atoms with Gasteiger partial charge in [-0.2, -0.15) is 5.26 Å². The van der Waals surface area contributed by atoms with Crippen LogP contribution in [0.3, 0.4) is 0 Å². The van der Waals surface area contributed by atoms with Crippen molar-refractivity contribution >= 4 is 70.0 Å². The van der Waals surface area contributed by atoms with E-state index < -0.39 is 10.1 Å². The molecule has 0 fully saturated rings. The Morgan fingerprint density at radius 2 is 1.43 bits per heavy atom. The Bertz CT molecular complexity index is 2550. The van der Waals surface area contributed by atoms with E-state index in [-0.39, 0.29) is 4.90 Å². The molecule has 7 nitrogen and oxygen atoms in total. The van der Waals surface area contributed by atoms with Gasteiger partial charge in [0.2, 0.25) is 0 Å². The fraction of sp³-hybridized carbons (Fsp3) is 0.139. The summed E-state index contributed by atoms with van der Waals surface area (Å²) in [7, 11) is -4.33. The van der Waals surface area contributed by atoms with Crippen LogP contribution in [0.25, 0.3) is 59.9 Å². The maximum Gasteiger partial charge on any atom is 0.308 e. The average Bonchev–Trinajstić information content (AvgIpc) is 3.30. The molecule has 0 radical (unpaired) electrons. The third-order valence-electron chi connectivity index (χ3n) is 8.35. The Balaban J connectivity index is 0.000000204. The lowest BCUT2D eigenvalue weighted by atomic mass is 10.1. The van der Waals surface area contributed by atoms with E-state index in [1.54, 1.807) is 26.0 Å². The number of benzene rings is 5. The molecule has 8 rings (SSSR count). The highest BCUT2D eigenvalue weighted by Crippen LogP contribution is 2.37. The zero-order valence-electron chi connectivity index (χ0n) is 24.5. The minimum absolute atomic E-state index is 0.0851. The molecule has 216 valence electrons. The lowest BCUT2D eigenvalue weighted by Gasteiger charge is -2.14. The molecule has 0 bridgehead atoms. The molecule has 0 aliphatic heterocycles. The van der Waals surface area contributed by atoms with Crippen LogP contribution >= 0.6 is 0 Å². The summed E-state index contributed by atoms with van der Waals surface area (Å²) in [6.07, 6.45) is 0.450. The van der Waals surface area contributed by atoms with E-state index in [1.807, 2.05) is 6.92 Å². The van der Waals surface area contributed by atoms with Crippen LogP contribution in [-0.4, -0.2) is 22.6 Å². The molecule has 0 spiro atoms. The molecular formula is C36H28N4O3S. The van der Waals surface area contributed by atoms with E-state index in [0.717, 1.165) is 33.1 Å². The first-order valence-corrected chi connectivity index (χ1v) is 15.8. The van der Waals surface area contributed by atoms with Gasteiger partial charge in [-0.15, -0.1) is 0 Å². The summed E-state index contributed by atoms with van der Waals surface area (Å²) in [5.41, 5.74) is 6.25. The van der Waals surface area contributed by atoms with Gasteiger partial charge in [-0.3, -0.25) is 0 Å². The number of hydrogen-bond donors (Lipinski definition) is 0. The van der Waals surface area contributed by atoms with Crippen LogP contribution in [0, 0.1) is 32.1 Å². The molecule has 8 heteroatoms. The first-order chi connectivity index (χ1) is 21.2. The SMILES string of the molecule is Cc1cc(C)c(S(=O)(=O)[O-])c(C)c1.N#CCCn1c2cccc3cccc(c32)[n+]2nc3c(cc12)c1cccc2cccc3c21. The number of aromatic nitrogens is 3. The van der Waals surface area contributed by atoms with Crippen LogP contribution in [0.1, 0.15) is 23.1 Å². The van der Waals surface area contributed by atoms with Crippen LogP contribution in [0.15, 0.2) is 95.9 Å². The Hall–Kier alpha value is -5.10. The second kappa shape index (κ2) is 10.3. The van der Waals surface area contributed by atoms with E-state index in [1.165, 1.54) is 32.3 Å². The maximum absolute atomic E-state index is 10.8. The average molecular weight is 597 g/mol. The first-order valence-electron chi connectivity index (χ1n) is 14.4. The lowest BCUT2D eigenvalue weighted by Crippen LogP contribution is -2.32. The van der Waals surface area contributed by atoms with Crippen molar-refractivity contribution in [2.45, 2.75) is 38.6 Å². The molecule has 8 aromatic rings. The van der Waals surface area contributed by atoms with Crippen LogP contribution in [0.2, 0.25) is 0 Å². The summed E-state index contributed by atoms with van der Waals surface area (Å²) in [5, 5.41) is 23.0. The molecule has 0 aliphatic carbocycles. The van der Waals surface area contributed by atoms with Crippen molar-refractivity contribution in [1.82, 2.24) is 9.67 Å². The van der Waals surface area contributed by atoms with Gasteiger partial charge in [0.15, 0.2) is 5.52 Å². The molecular weight excluding hydrogens is 568 g/mol. The van der Waals surface area contributed by atoms with Gasteiger partial charge in [-0.1, -0.05) is 88.0 Å². The maximum atomic E-state index is 10.8. The number of nitriles is 1. The Morgan fingerprint density at radius 1 is 0.818 bits per heavy atom. The first kappa shape index (κ1) is 27.7.